The van der Waals surface area contributed by atoms with Crippen LogP contribution in [-0.2, 0) is 11.3 Å². The fraction of sp³-hybridized carbons (Fsp3) is 0.0500. The van der Waals surface area contributed by atoms with E-state index in [2.05, 4.69) is 26.2 Å². The molecule has 0 radical (unpaired) electrons. The van der Waals surface area contributed by atoms with Gasteiger partial charge in [-0.2, -0.15) is 0 Å². The summed E-state index contributed by atoms with van der Waals surface area (Å²) >= 11 is 6.48. The van der Waals surface area contributed by atoms with Crippen molar-refractivity contribution in [2.75, 3.05) is 5.32 Å². The molecule has 2 heterocycles. The van der Waals surface area contributed by atoms with E-state index >= 15 is 0 Å². The molecule has 0 bridgehead atoms. The molecule has 0 saturated heterocycles. The molecule has 0 aliphatic rings. The lowest BCUT2D eigenvalue weighted by Crippen LogP contribution is -2.27. The number of anilines is 1. The van der Waals surface area contributed by atoms with E-state index in [1.54, 1.807) is 17.8 Å². The van der Waals surface area contributed by atoms with E-state index in [-0.39, 0.29) is 18.0 Å². The Balaban J connectivity index is 1.40. The molecule has 0 atom stereocenters. The predicted molar refractivity (Wildman–Crippen MR) is 117 cm³/mol. The van der Waals surface area contributed by atoms with Crippen LogP contribution in [-0.4, -0.2) is 15.5 Å². The van der Waals surface area contributed by atoms with Crippen molar-refractivity contribution in [1.29, 1.82) is 0 Å². The minimum atomic E-state index is -0.271. The molecule has 0 aliphatic heterocycles. The van der Waals surface area contributed by atoms with Crippen LogP contribution in [0.15, 0.2) is 85.4 Å². The number of fused-ring (bicyclic) bond motifs is 1. The maximum absolute atomic E-state index is 12.4. The van der Waals surface area contributed by atoms with Gasteiger partial charge in [-0.1, -0.05) is 27.7 Å². The smallest absolute Gasteiger partial charge is 0.262 e. The number of carbonyl (C=O) groups excluding carboxylic acids is 1. The van der Waals surface area contributed by atoms with Crippen molar-refractivity contribution in [3.63, 3.8) is 0 Å². The molecule has 8 heteroatoms. The Morgan fingerprint density at radius 2 is 1.75 bits per heavy atom. The van der Waals surface area contributed by atoms with Crippen LogP contribution in [0.1, 0.15) is 0 Å². The highest BCUT2D eigenvalue weighted by molar-refractivity contribution is 9.10. The van der Waals surface area contributed by atoms with E-state index in [9.17, 15) is 9.59 Å². The molecule has 140 valence electrons. The van der Waals surface area contributed by atoms with Gasteiger partial charge in [0.2, 0.25) is 5.91 Å². The van der Waals surface area contributed by atoms with Crippen molar-refractivity contribution in [3.05, 3.63) is 81.1 Å². The number of rotatable bonds is 5. The number of halogens is 1. The monoisotopic (exact) mass is 471 g/mol. The lowest BCUT2D eigenvalue weighted by atomic mass is 10.3. The number of thiophene rings is 1. The number of hydrogen-bond donors (Lipinski definition) is 1. The van der Waals surface area contributed by atoms with Gasteiger partial charge in [-0.05, 0) is 60.0 Å². The second-order valence-electron chi connectivity index (χ2n) is 5.95. The van der Waals surface area contributed by atoms with Crippen LogP contribution < -0.4 is 10.9 Å². The summed E-state index contributed by atoms with van der Waals surface area (Å²) in [4.78, 5) is 31.8. The number of carbonyl (C=O) groups is 1. The van der Waals surface area contributed by atoms with Crippen molar-refractivity contribution in [2.45, 2.75) is 16.3 Å². The summed E-state index contributed by atoms with van der Waals surface area (Å²) in [5.41, 5.74) is 0.477. The van der Waals surface area contributed by atoms with Gasteiger partial charge in [0.1, 0.15) is 11.4 Å². The van der Waals surface area contributed by atoms with E-state index in [1.807, 2.05) is 53.9 Å². The number of hydrogen-bond acceptors (Lipinski definition) is 5. The molecule has 0 unspecified atom stereocenters. The number of nitrogens with zero attached hydrogens (tertiary/aromatic N) is 2. The third-order valence-corrected chi connectivity index (χ3v) is 6.32. The fourth-order valence-electron chi connectivity index (χ4n) is 2.61. The first-order valence-corrected chi connectivity index (χ1v) is 10.8. The summed E-state index contributed by atoms with van der Waals surface area (Å²) < 4.78 is 2.37. The van der Waals surface area contributed by atoms with Gasteiger partial charge >= 0.3 is 0 Å². The Kier molecular flexibility index (Phi) is 5.61. The van der Waals surface area contributed by atoms with Crippen LogP contribution in [0, 0.1) is 0 Å². The molecule has 28 heavy (non-hydrogen) atoms. The summed E-state index contributed by atoms with van der Waals surface area (Å²) in [5.74, 6) is -0.271. The van der Waals surface area contributed by atoms with Crippen LogP contribution in [0.3, 0.4) is 0 Å². The maximum Gasteiger partial charge on any atom is 0.262 e. The molecule has 0 saturated carbocycles. The highest BCUT2D eigenvalue weighted by Crippen LogP contribution is 2.29. The summed E-state index contributed by atoms with van der Waals surface area (Å²) in [5, 5.41) is 5.17. The first-order valence-electron chi connectivity index (χ1n) is 8.34. The highest BCUT2D eigenvalue weighted by Gasteiger charge is 2.09. The van der Waals surface area contributed by atoms with Gasteiger partial charge < -0.3 is 5.32 Å². The summed E-state index contributed by atoms with van der Waals surface area (Å²) in [6.07, 6.45) is 1.42. The van der Waals surface area contributed by atoms with Crippen LogP contribution in [0.5, 0.6) is 0 Å². The molecule has 1 amide bonds. The minimum absolute atomic E-state index is 0.0764. The predicted octanol–water partition coefficient (Wildman–Crippen LogP) is 5.01. The molecule has 2 aromatic heterocycles. The number of benzene rings is 2. The summed E-state index contributed by atoms with van der Waals surface area (Å²) in [6, 6.07) is 17.4. The molecule has 0 fully saturated rings. The number of aromatic nitrogens is 2. The first kappa shape index (κ1) is 18.9. The molecule has 2 aromatic carbocycles. The zero-order valence-electron chi connectivity index (χ0n) is 14.5. The summed E-state index contributed by atoms with van der Waals surface area (Å²) in [6.45, 7) is -0.0764. The van der Waals surface area contributed by atoms with Crippen molar-refractivity contribution in [2.24, 2.45) is 0 Å². The fourth-order valence-corrected chi connectivity index (χ4v) is 4.41. The van der Waals surface area contributed by atoms with Gasteiger partial charge in [0.05, 0.1) is 11.7 Å². The van der Waals surface area contributed by atoms with Crippen LogP contribution >= 0.6 is 39.0 Å². The molecule has 1 N–H and O–H groups in total. The molecular weight excluding hydrogens is 458 g/mol. The maximum atomic E-state index is 12.4. The zero-order valence-corrected chi connectivity index (χ0v) is 17.7. The van der Waals surface area contributed by atoms with Crippen LogP contribution in [0.25, 0.3) is 10.2 Å². The normalized spacial score (nSPS) is 10.9. The minimum Gasteiger partial charge on any atom is -0.325 e. The second kappa shape index (κ2) is 8.30. The third kappa shape index (κ3) is 4.35. The lowest BCUT2D eigenvalue weighted by molar-refractivity contribution is -0.116. The van der Waals surface area contributed by atoms with Crippen LogP contribution in [0.4, 0.5) is 5.69 Å². The topological polar surface area (TPSA) is 64.0 Å². The van der Waals surface area contributed by atoms with Gasteiger partial charge in [-0.3, -0.25) is 14.2 Å². The van der Waals surface area contributed by atoms with Crippen molar-refractivity contribution in [1.82, 2.24) is 9.55 Å². The van der Waals surface area contributed by atoms with E-state index in [1.165, 1.54) is 22.2 Å². The van der Waals surface area contributed by atoms with Crippen molar-refractivity contribution < 1.29 is 4.79 Å². The number of amides is 1. The molecule has 4 rings (SSSR count). The quantitative estimate of drug-likeness (QED) is 0.444. The average molecular weight is 472 g/mol. The van der Waals surface area contributed by atoms with Gasteiger partial charge in [0, 0.05) is 20.0 Å². The van der Waals surface area contributed by atoms with E-state index < -0.39 is 0 Å². The standard InChI is InChI=1S/C20H14BrN3O2S2/c21-13-1-5-15(6-2-13)28-16-7-3-14(4-8-16)23-18(25)11-24-12-22-19-17(20(24)26)9-10-27-19/h1-10,12H,11H2,(H,23,25). The van der Waals surface area contributed by atoms with Crippen LogP contribution in [0.2, 0.25) is 0 Å². The zero-order chi connectivity index (χ0) is 19.5. The Morgan fingerprint density at radius 1 is 1.07 bits per heavy atom. The third-order valence-electron chi connectivity index (χ3n) is 3.95. The van der Waals surface area contributed by atoms with E-state index in [0.717, 1.165) is 14.3 Å². The van der Waals surface area contributed by atoms with Crippen molar-refractivity contribution >= 4 is 60.8 Å². The Bertz CT molecular complexity index is 1180. The molecule has 0 spiro atoms. The van der Waals surface area contributed by atoms with Crippen molar-refractivity contribution in [3.8, 4) is 0 Å². The summed E-state index contributed by atoms with van der Waals surface area (Å²) in [7, 11) is 0. The Hall–Kier alpha value is -2.42. The van der Waals surface area contributed by atoms with Gasteiger partial charge in [0.15, 0.2) is 0 Å². The second-order valence-corrected chi connectivity index (χ2v) is 8.90. The number of nitrogens with one attached hydrogen (secondary N) is 1. The lowest BCUT2D eigenvalue weighted by Gasteiger charge is -2.08. The first-order chi connectivity index (χ1) is 13.6. The van der Waals surface area contributed by atoms with E-state index in [0.29, 0.717) is 15.9 Å². The molecule has 4 aromatic rings. The Labute approximate surface area is 177 Å². The molecule has 0 aliphatic carbocycles. The average Bonchev–Trinajstić information content (AvgIpc) is 3.17. The van der Waals surface area contributed by atoms with Gasteiger partial charge in [-0.25, -0.2) is 4.98 Å². The Morgan fingerprint density at radius 3 is 2.46 bits per heavy atom. The highest BCUT2D eigenvalue weighted by atomic mass is 79.9. The van der Waals surface area contributed by atoms with E-state index in [4.69, 9.17) is 0 Å². The molecule has 5 nitrogen and oxygen atoms in total. The van der Waals surface area contributed by atoms with Gasteiger partial charge in [-0.15, -0.1) is 11.3 Å². The van der Waals surface area contributed by atoms with Gasteiger partial charge in [0.25, 0.3) is 5.56 Å². The molecular formula is C20H14BrN3O2S2. The SMILES string of the molecule is O=C(Cn1cnc2sccc2c1=O)Nc1ccc(Sc2ccc(Br)cc2)cc1. The largest absolute Gasteiger partial charge is 0.325 e.